The molecule has 1 saturated heterocycles. The number of aromatic nitrogens is 3. The summed E-state index contributed by atoms with van der Waals surface area (Å²) in [7, 11) is 0. The molecule has 0 aromatic carbocycles. The maximum Gasteiger partial charge on any atom is 0.139 e. The number of ether oxygens (including phenoxy) is 2. The Balaban J connectivity index is 1.63. The summed E-state index contributed by atoms with van der Waals surface area (Å²) in [6, 6.07) is 4.22. The first-order valence-electron chi connectivity index (χ1n) is 8.75. The second-order valence-corrected chi connectivity index (χ2v) is 5.91. The monoisotopic (exact) mass is 330 g/mol. The highest BCUT2D eigenvalue weighted by Gasteiger charge is 2.30. The van der Waals surface area contributed by atoms with Gasteiger partial charge in [-0.05, 0) is 38.8 Å². The van der Waals surface area contributed by atoms with Gasteiger partial charge >= 0.3 is 0 Å². The molecule has 0 saturated carbocycles. The van der Waals surface area contributed by atoms with Crippen molar-refractivity contribution in [2.75, 3.05) is 13.2 Å². The minimum absolute atomic E-state index is 0.00334. The van der Waals surface area contributed by atoms with Gasteiger partial charge in [-0.1, -0.05) is 0 Å². The molecule has 0 spiro atoms. The number of pyridine rings is 1. The number of hydrogen-bond acceptors (Lipinski definition) is 5. The number of aryl methyl sites for hydroxylation is 1. The van der Waals surface area contributed by atoms with Crippen molar-refractivity contribution in [2.45, 2.75) is 51.9 Å². The van der Waals surface area contributed by atoms with Crippen molar-refractivity contribution in [1.29, 1.82) is 0 Å². The molecule has 24 heavy (non-hydrogen) atoms. The first-order chi connectivity index (χ1) is 11.8. The van der Waals surface area contributed by atoms with Crippen molar-refractivity contribution >= 4 is 0 Å². The fraction of sp³-hybridized carbons (Fsp3) is 0.556. The minimum Gasteiger partial charge on any atom is -0.492 e. The zero-order valence-electron chi connectivity index (χ0n) is 14.4. The summed E-state index contributed by atoms with van der Waals surface area (Å²) in [4.78, 5) is 8.97. The predicted molar refractivity (Wildman–Crippen MR) is 91.9 cm³/mol. The molecule has 1 aliphatic heterocycles. The van der Waals surface area contributed by atoms with Crippen molar-refractivity contribution in [2.24, 2.45) is 0 Å². The Hall–Kier alpha value is -1.92. The molecule has 0 aliphatic carbocycles. The molecule has 1 aliphatic rings. The molecular weight excluding hydrogens is 304 g/mol. The topological polar surface area (TPSA) is 61.2 Å². The standard InChI is InChI=1S/C18H26N4O2/c1-3-22-10-9-19-18(22)17-16(6-5-11-24-17)21-12-14-7-8-15(13-20-14)23-4-2/h7-10,13,16-17,21H,3-6,11-12H2,1-2H3/t16-,17-/m1/s1. The van der Waals surface area contributed by atoms with Crippen LogP contribution in [-0.2, 0) is 17.8 Å². The third-order valence-corrected chi connectivity index (χ3v) is 4.32. The highest BCUT2D eigenvalue weighted by molar-refractivity contribution is 5.19. The smallest absolute Gasteiger partial charge is 0.139 e. The molecule has 0 bridgehead atoms. The number of nitrogens with zero attached hydrogens (tertiary/aromatic N) is 3. The van der Waals surface area contributed by atoms with Crippen molar-refractivity contribution in [3.8, 4) is 5.75 Å². The predicted octanol–water partition coefficient (Wildman–Crippen LogP) is 2.71. The van der Waals surface area contributed by atoms with Crippen LogP contribution in [0.1, 0.15) is 44.3 Å². The van der Waals surface area contributed by atoms with Crippen molar-refractivity contribution < 1.29 is 9.47 Å². The van der Waals surface area contributed by atoms with E-state index in [9.17, 15) is 0 Å². The van der Waals surface area contributed by atoms with Gasteiger partial charge in [0.1, 0.15) is 17.7 Å². The molecule has 130 valence electrons. The zero-order valence-corrected chi connectivity index (χ0v) is 14.4. The van der Waals surface area contributed by atoms with Crippen LogP contribution in [0.2, 0.25) is 0 Å². The van der Waals surface area contributed by atoms with Crippen LogP contribution in [-0.4, -0.2) is 33.8 Å². The Bertz CT molecular complexity index is 626. The quantitative estimate of drug-likeness (QED) is 0.846. The first-order valence-corrected chi connectivity index (χ1v) is 8.75. The van der Waals surface area contributed by atoms with Crippen LogP contribution in [0.4, 0.5) is 0 Å². The van der Waals surface area contributed by atoms with E-state index in [2.05, 4.69) is 26.8 Å². The summed E-state index contributed by atoms with van der Waals surface area (Å²) in [6.45, 7) is 7.16. The van der Waals surface area contributed by atoms with Gasteiger partial charge in [-0.15, -0.1) is 0 Å². The van der Waals surface area contributed by atoms with Crippen molar-refractivity contribution in [3.63, 3.8) is 0 Å². The van der Waals surface area contributed by atoms with Gasteiger partial charge in [0.2, 0.25) is 0 Å². The van der Waals surface area contributed by atoms with Crippen LogP contribution in [0.5, 0.6) is 5.75 Å². The lowest BCUT2D eigenvalue weighted by atomic mass is 10.0. The van der Waals surface area contributed by atoms with Crippen LogP contribution >= 0.6 is 0 Å². The normalized spacial score (nSPS) is 20.9. The summed E-state index contributed by atoms with van der Waals surface area (Å²) in [5, 5.41) is 3.60. The molecular formula is C18H26N4O2. The van der Waals surface area contributed by atoms with Gasteiger partial charge in [0, 0.05) is 38.1 Å². The summed E-state index contributed by atoms with van der Waals surface area (Å²) >= 11 is 0. The van der Waals surface area contributed by atoms with Gasteiger partial charge < -0.3 is 19.4 Å². The van der Waals surface area contributed by atoms with E-state index in [1.807, 2.05) is 31.5 Å². The molecule has 0 radical (unpaired) electrons. The van der Waals surface area contributed by atoms with Gasteiger partial charge in [0.05, 0.1) is 18.5 Å². The number of rotatable bonds is 7. The van der Waals surface area contributed by atoms with Crippen LogP contribution in [0.25, 0.3) is 0 Å². The van der Waals surface area contributed by atoms with E-state index >= 15 is 0 Å². The summed E-state index contributed by atoms with van der Waals surface area (Å²) < 4.78 is 13.6. The lowest BCUT2D eigenvalue weighted by Crippen LogP contribution is -2.40. The van der Waals surface area contributed by atoms with E-state index in [1.165, 1.54) is 0 Å². The fourth-order valence-electron chi connectivity index (χ4n) is 3.09. The lowest BCUT2D eigenvalue weighted by Gasteiger charge is -2.32. The van der Waals surface area contributed by atoms with E-state index in [0.717, 1.165) is 43.3 Å². The Morgan fingerprint density at radius 1 is 1.33 bits per heavy atom. The molecule has 3 rings (SSSR count). The third kappa shape index (κ3) is 3.94. The summed E-state index contributed by atoms with van der Waals surface area (Å²) in [5.74, 6) is 1.82. The van der Waals surface area contributed by atoms with E-state index in [0.29, 0.717) is 13.2 Å². The summed E-state index contributed by atoms with van der Waals surface area (Å²) in [5.41, 5.74) is 1.00. The second-order valence-electron chi connectivity index (χ2n) is 5.91. The van der Waals surface area contributed by atoms with Crippen LogP contribution in [0.3, 0.4) is 0 Å². The SMILES string of the molecule is CCOc1ccc(CN[C@@H]2CCCO[C@H]2c2nccn2CC)nc1. The highest BCUT2D eigenvalue weighted by atomic mass is 16.5. The zero-order chi connectivity index (χ0) is 16.8. The maximum absolute atomic E-state index is 6.03. The summed E-state index contributed by atoms with van der Waals surface area (Å²) in [6.07, 6.45) is 7.78. The van der Waals surface area contributed by atoms with Gasteiger partial charge in [0.25, 0.3) is 0 Å². The Kier molecular flexibility index (Phi) is 5.82. The van der Waals surface area contributed by atoms with E-state index in [1.54, 1.807) is 6.20 Å². The molecule has 0 unspecified atom stereocenters. The molecule has 6 nitrogen and oxygen atoms in total. The maximum atomic E-state index is 6.03. The first kappa shape index (κ1) is 16.9. The van der Waals surface area contributed by atoms with Crippen molar-refractivity contribution in [3.05, 3.63) is 42.2 Å². The van der Waals surface area contributed by atoms with E-state index in [4.69, 9.17) is 9.47 Å². The van der Waals surface area contributed by atoms with Gasteiger partial charge in [-0.2, -0.15) is 0 Å². The molecule has 2 atom stereocenters. The van der Waals surface area contributed by atoms with Gasteiger partial charge in [-0.3, -0.25) is 4.98 Å². The average Bonchev–Trinajstić information content (AvgIpc) is 3.10. The number of nitrogens with one attached hydrogen (secondary N) is 1. The Morgan fingerprint density at radius 3 is 3.00 bits per heavy atom. The fourth-order valence-corrected chi connectivity index (χ4v) is 3.09. The largest absolute Gasteiger partial charge is 0.492 e. The molecule has 2 aromatic heterocycles. The average molecular weight is 330 g/mol. The minimum atomic E-state index is -0.00334. The Labute approximate surface area is 143 Å². The van der Waals surface area contributed by atoms with Crippen molar-refractivity contribution in [1.82, 2.24) is 19.9 Å². The molecule has 0 amide bonds. The van der Waals surface area contributed by atoms with Crippen LogP contribution < -0.4 is 10.1 Å². The van der Waals surface area contributed by atoms with Gasteiger partial charge in [-0.25, -0.2) is 4.98 Å². The number of imidazole rings is 1. The molecule has 3 heterocycles. The Morgan fingerprint density at radius 2 is 2.25 bits per heavy atom. The van der Waals surface area contributed by atoms with Crippen LogP contribution in [0, 0.1) is 0 Å². The molecule has 1 fully saturated rings. The number of hydrogen-bond donors (Lipinski definition) is 1. The van der Waals surface area contributed by atoms with Gasteiger partial charge in [0.15, 0.2) is 0 Å². The molecule has 6 heteroatoms. The van der Waals surface area contributed by atoms with E-state index < -0.39 is 0 Å². The van der Waals surface area contributed by atoms with Crippen LogP contribution in [0.15, 0.2) is 30.7 Å². The molecule has 1 N–H and O–H groups in total. The highest BCUT2D eigenvalue weighted by Crippen LogP contribution is 2.27. The lowest BCUT2D eigenvalue weighted by molar-refractivity contribution is -0.0183. The molecule has 2 aromatic rings. The van der Waals surface area contributed by atoms with E-state index in [-0.39, 0.29) is 12.1 Å². The second kappa shape index (κ2) is 8.26. The third-order valence-electron chi connectivity index (χ3n) is 4.32.